The minimum Gasteiger partial charge on any atom is -0.508 e. The number of aromatic hydroxyl groups is 1. The summed E-state index contributed by atoms with van der Waals surface area (Å²) < 4.78 is 10.6. The highest BCUT2D eigenvalue weighted by molar-refractivity contribution is 6.04. The van der Waals surface area contributed by atoms with E-state index in [4.69, 9.17) is 9.47 Å². The third-order valence-electron chi connectivity index (χ3n) is 4.68. The van der Waals surface area contributed by atoms with Crippen LogP contribution in [0.4, 0.5) is 0 Å². The van der Waals surface area contributed by atoms with E-state index in [1.54, 1.807) is 24.3 Å². The number of Topliss-reactive ketones (excluding diaryl/α,β-unsaturated/α-hetero) is 1. The van der Waals surface area contributed by atoms with Crippen LogP contribution in [0.2, 0.25) is 0 Å². The van der Waals surface area contributed by atoms with E-state index < -0.39 is 23.5 Å². The number of hydrogen-bond donors (Lipinski definition) is 2. The third kappa shape index (κ3) is 4.74. The number of benzene rings is 2. The molecule has 7 nitrogen and oxygen atoms in total. The van der Waals surface area contributed by atoms with Crippen molar-refractivity contribution >= 4 is 17.7 Å². The fourth-order valence-corrected chi connectivity index (χ4v) is 3.24. The Bertz CT molecular complexity index is 948. The molecule has 0 spiro atoms. The second kappa shape index (κ2) is 7.95. The number of nitrogens with one attached hydrogen (secondary N) is 1. The lowest BCUT2D eigenvalue weighted by atomic mass is 9.92. The largest absolute Gasteiger partial charge is 0.508 e. The number of carbonyl (C=O) groups is 3. The van der Waals surface area contributed by atoms with Crippen LogP contribution in [-0.4, -0.2) is 41.5 Å². The predicted octanol–water partition coefficient (Wildman–Crippen LogP) is 2.65. The monoisotopic (exact) mass is 397 g/mol. The van der Waals surface area contributed by atoms with Gasteiger partial charge in [0, 0.05) is 12.0 Å². The molecule has 152 valence electrons. The summed E-state index contributed by atoms with van der Waals surface area (Å²) in [7, 11) is 1.25. The van der Waals surface area contributed by atoms with Crippen LogP contribution in [0.3, 0.4) is 0 Å². The summed E-state index contributed by atoms with van der Waals surface area (Å²) >= 11 is 0. The van der Waals surface area contributed by atoms with E-state index in [-0.39, 0.29) is 29.9 Å². The Balaban J connectivity index is 1.79. The second-order valence-electron chi connectivity index (χ2n) is 7.59. The van der Waals surface area contributed by atoms with Gasteiger partial charge in [0.05, 0.1) is 19.1 Å². The van der Waals surface area contributed by atoms with Gasteiger partial charge in [-0.05, 0) is 49.7 Å². The highest BCUT2D eigenvalue weighted by Gasteiger charge is 2.33. The molecule has 0 aromatic heterocycles. The van der Waals surface area contributed by atoms with Crippen LogP contribution in [0, 0.1) is 0 Å². The summed E-state index contributed by atoms with van der Waals surface area (Å²) in [6.07, 6.45) is 0.413. The number of rotatable bonds is 5. The third-order valence-corrected chi connectivity index (χ3v) is 4.68. The highest BCUT2D eigenvalue weighted by Crippen LogP contribution is 2.33. The Labute approximate surface area is 168 Å². The van der Waals surface area contributed by atoms with E-state index in [2.05, 4.69) is 5.32 Å². The average Bonchev–Trinajstić information content (AvgIpc) is 2.67. The molecule has 3 rings (SSSR count). The number of phenolic OH excluding ortho intramolecular Hbond substituents is 1. The average molecular weight is 397 g/mol. The first kappa shape index (κ1) is 20.4. The van der Waals surface area contributed by atoms with Crippen LogP contribution in [0.25, 0.3) is 0 Å². The van der Waals surface area contributed by atoms with E-state index in [1.807, 2.05) is 13.8 Å². The minimum atomic E-state index is -0.918. The van der Waals surface area contributed by atoms with Crippen molar-refractivity contribution in [3.05, 3.63) is 59.2 Å². The number of hydrogen-bond acceptors (Lipinski definition) is 6. The van der Waals surface area contributed by atoms with Crippen molar-refractivity contribution in [1.82, 2.24) is 5.32 Å². The highest BCUT2D eigenvalue weighted by atomic mass is 16.5. The van der Waals surface area contributed by atoms with Gasteiger partial charge in [-0.15, -0.1) is 0 Å². The molecule has 1 atom stereocenters. The molecule has 1 heterocycles. The summed E-state index contributed by atoms with van der Waals surface area (Å²) in [5.41, 5.74) is 0.758. The maximum atomic E-state index is 12.7. The molecule has 0 aliphatic carbocycles. The number of methoxy groups -OCH3 is 1. The molecule has 29 heavy (non-hydrogen) atoms. The lowest BCUT2D eigenvalue weighted by Crippen LogP contribution is -2.43. The summed E-state index contributed by atoms with van der Waals surface area (Å²) in [6, 6.07) is 10.0. The zero-order valence-electron chi connectivity index (χ0n) is 16.5. The van der Waals surface area contributed by atoms with Gasteiger partial charge in [0.25, 0.3) is 5.91 Å². The molecule has 0 saturated heterocycles. The molecule has 0 fully saturated rings. The van der Waals surface area contributed by atoms with Crippen molar-refractivity contribution in [2.45, 2.75) is 38.3 Å². The minimum absolute atomic E-state index is 0.0977. The number of esters is 1. The van der Waals surface area contributed by atoms with Crippen molar-refractivity contribution < 1.29 is 29.0 Å². The normalized spacial score (nSPS) is 15.6. The summed E-state index contributed by atoms with van der Waals surface area (Å²) in [4.78, 5) is 37.3. The molecule has 2 aromatic carbocycles. The van der Waals surface area contributed by atoms with Crippen LogP contribution >= 0.6 is 0 Å². The van der Waals surface area contributed by atoms with Gasteiger partial charge in [0.1, 0.15) is 23.1 Å². The van der Waals surface area contributed by atoms with Crippen LogP contribution in [-0.2, 0) is 16.0 Å². The quantitative estimate of drug-likeness (QED) is 0.752. The SMILES string of the molecule is COC(=O)C(Cc1ccc(O)cc1)NC(=O)c1ccc2c(c1)C(=O)CC(C)(C)O2. The molecular formula is C22H23NO6. The molecule has 1 aliphatic rings. The van der Waals surface area contributed by atoms with Crippen molar-refractivity contribution in [2.75, 3.05) is 7.11 Å². The zero-order chi connectivity index (χ0) is 21.2. The molecule has 1 amide bonds. The van der Waals surface area contributed by atoms with Gasteiger partial charge in [-0.2, -0.15) is 0 Å². The van der Waals surface area contributed by atoms with Gasteiger partial charge in [-0.3, -0.25) is 9.59 Å². The molecule has 0 bridgehead atoms. The van der Waals surface area contributed by atoms with Crippen LogP contribution in [0.1, 0.15) is 46.5 Å². The smallest absolute Gasteiger partial charge is 0.328 e. The Hall–Kier alpha value is -3.35. The molecule has 0 radical (unpaired) electrons. The maximum absolute atomic E-state index is 12.7. The Kier molecular flexibility index (Phi) is 5.59. The van der Waals surface area contributed by atoms with Gasteiger partial charge in [-0.1, -0.05) is 12.1 Å². The fourth-order valence-electron chi connectivity index (χ4n) is 3.24. The first-order valence-corrected chi connectivity index (χ1v) is 9.21. The first-order chi connectivity index (χ1) is 13.7. The molecule has 0 saturated carbocycles. The van der Waals surface area contributed by atoms with E-state index in [0.717, 1.165) is 5.56 Å². The molecular weight excluding hydrogens is 374 g/mol. The van der Waals surface area contributed by atoms with Crippen LogP contribution in [0.15, 0.2) is 42.5 Å². The van der Waals surface area contributed by atoms with Gasteiger partial charge in [-0.25, -0.2) is 4.79 Å². The number of amides is 1. The standard InChI is InChI=1S/C22H23NO6/c1-22(2)12-18(25)16-11-14(6-9-19(16)29-22)20(26)23-17(21(27)28-3)10-13-4-7-15(24)8-5-13/h4-9,11,17,24H,10,12H2,1-3H3,(H,23,26). The van der Waals surface area contributed by atoms with E-state index in [9.17, 15) is 19.5 Å². The zero-order valence-corrected chi connectivity index (χ0v) is 16.5. The Morgan fingerprint density at radius 2 is 1.90 bits per heavy atom. The number of phenols is 1. The maximum Gasteiger partial charge on any atom is 0.328 e. The lowest BCUT2D eigenvalue weighted by molar-refractivity contribution is -0.142. The first-order valence-electron chi connectivity index (χ1n) is 9.21. The molecule has 2 N–H and O–H groups in total. The van der Waals surface area contributed by atoms with Crippen molar-refractivity contribution in [1.29, 1.82) is 0 Å². The fraction of sp³-hybridized carbons (Fsp3) is 0.318. The number of carbonyl (C=O) groups excluding carboxylic acids is 3. The number of ether oxygens (including phenoxy) is 2. The van der Waals surface area contributed by atoms with Gasteiger partial charge >= 0.3 is 5.97 Å². The van der Waals surface area contributed by atoms with E-state index in [1.165, 1.54) is 25.3 Å². The summed E-state index contributed by atoms with van der Waals surface area (Å²) in [6.45, 7) is 3.66. The van der Waals surface area contributed by atoms with Crippen molar-refractivity contribution in [3.63, 3.8) is 0 Å². The van der Waals surface area contributed by atoms with E-state index in [0.29, 0.717) is 11.3 Å². The Morgan fingerprint density at radius 1 is 1.21 bits per heavy atom. The van der Waals surface area contributed by atoms with Crippen molar-refractivity contribution in [2.24, 2.45) is 0 Å². The van der Waals surface area contributed by atoms with Crippen LogP contribution < -0.4 is 10.1 Å². The van der Waals surface area contributed by atoms with Gasteiger partial charge in [0.15, 0.2) is 5.78 Å². The molecule has 2 aromatic rings. The summed E-state index contributed by atoms with van der Waals surface area (Å²) in [5.74, 6) is -0.641. The number of ketones is 1. The topological polar surface area (TPSA) is 102 Å². The Morgan fingerprint density at radius 3 is 2.55 bits per heavy atom. The van der Waals surface area contributed by atoms with Gasteiger partial charge < -0.3 is 19.9 Å². The molecule has 7 heteroatoms. The predicted molar refractivity (Wildman–Crippen MR) is 105 cm³/mol. The van der Waals surface area contributed by atoms with Gasteiger partial charge in [0.2, 0.25) is 0 Å². The lowest BCUT2D eigenvalue weighted by Gasteiger charge is -2.31. The molecule has 1 unspecified atom stereocenters. The summed E-state index contributed by atoms with van der Waals surface area (Å²) in [5, 5.41) is 12.0. The van der Waals surface area contributed by atoms with Crippen LogP contribution in [0.5, 0.6) is 11.5 Å². The molecule has 1 aliphatic heterocycles. The number of fused-ring (bicyclic) bond motifs is 1. The van der Waals surface area contributed by atoms with E-state index >= 15 is 0 Å². The second-order valence-corrected chi connectivity index (χ2v) is 7.59. The van der Waals surface area contributed by atoms with Crippen molar-refractivity contribution in [3.8, 4) is 11.5 Å².